The molecule has 2 rings (SSSR count). The van der Waals surface area contributed by atoms with Crippen LogP contribution in [-0.2, 0) is 11.8 Å². The normalized spacial score (nSPS) is 21.1. The van der Waals surface area contributed by atoms with Crippen molar-refractivity contribution < 1.29 is 4.79 Å². The van der Waals surface area contributed by atoms with E-state index < -0.39 is 6.04 Å². The predicted octanol–water partition coefficient (Wildman–Crippen LogP) is -0.0275. The molecule has 1 aliphatic rings. The van der Waals surface area contributed by atoms with Gasteiger partial charge < -0.3 is 15.5 Å². The van der Waals surface area contributed by atoms with Gasteiger partial charge in [-0.3, -0.25) is 9.48 Å². The number of hydrogen-bond acceptors (Lipinski definition) is 4. The van der Waals surface area contributed by atoms with E-state index in [0.717, 1.165) is 31.5 Å². The lowest BCUT2D eigenvalue weighted by molar-refractivity contribution is -0.133. The number of nitrogens with zero attached hydrogens (tertiary/aromatic N) is 4. The molecule has 1 aromatic rings. The summed E-state index contributed by atoms with van der Waals surface area (Å²) >= 11 is 0. The Morgan fingerprint density at radius 3 is 2.95 bits per heavy atom. The SMILES string of the molecule is CN(C)CC1CCCN1C(=O)C(N)c1cnn(C)c1. The number of carbonyl (C=O) groups excluding carboxylic acids is 1. The van der Waals surface area contributed by atoms with Gasteiger partial charge in [-0.2, -0.15) is 5.10 Å². The molecule has 1 aromatic heterocycles. The summed E-state index contributed by atoms with van der Waals surface area (Å²) in [5, 5.41) is 4.07. The second-order valence-electron chi connectivity index (χ2n) is 5.51. The monoisotopic (exact) mass is 265 g/mol. The summed E-state index contributed by atoms with van der Waals surface area (Å²) in [4.78, 5) is 16.5. The van der Waals surface area contributed by atoms with Crippen LogP contribution in [0.4, 0.5) is 0 Å². The van der Waals surface area contributed by atoms with Crippen molar-refractivity contribution in [2.45, 2.75) is 24.9 Å². The second-order valence-corrected chi connectivity index (χ2v) is 5.51. The van der Waals surface area contributed by atoms with E-state index >= 15 is 0 Å². The van der Waals surface area contributed by atoms with E-state index in [0.29, 0.717) is 0 Å². The Hall–Kier alpha value is -1.40. The summed E-state index contributed by atoms with van der Waals surface area (Å²) in [7, 11) is 5.88. The van der Waals surface area contributed by atoms with Crippen LogP contribution in [-0.4, -0.2) is 58.7 Å². The highest BCUT2D eigenvalue weighted by Crippen LogP contribution is 2.22. The van der Waals surface area contributed by atoms with Gasteiger partial charge in [0.05, 0.1) is 6.20 Å². The van der Waals surface area contributed by atoms with Crippen LogP contribution in [0, 0.1) is 0 Å². The molecule has 2 atom stereocenters. The van der Waals surface area contributed by atoms with Crippen LogP contribution >= 0.6 is 0 Å². The first kappa shape index (κ1) is 14.0. The zero-order chi connectivity index (χ0) is 14.0. The van der Waals surface area contributed by atoms with Gasteiger partial charge in [-0.15, -0.1) is 0 Å². The van der Waals surface area contributed by atoms with Crippen LogP contribution in [0.15, 0.2) is 12.4 Å². The molecule has 6 nitrogen and oxygen atoms in total. The fourth-order valence-corrected chi connectivity index (χ4v) is 2.66. The molecular formula is C13H23N5O. The molecule has 2 heterocycles. The quantitative estimate of drug-likeness (QED) is 0.830. The molecular weight excluding hydrogens is 242 g/mol. The Balaban J connectivity index is 2.06. The molecule has 0 radical (unpaired) electrons. The third kappa shape index (κ3) is 3.13. The van der Waals surface area contributed by atoms with Crippen molar-refractivity contribution in [1.82, 2.24) is 19.6 Å². The Bertz CT molecular complexity index is 442. The Morgan fingerprint density at radius 1 is 1.63 bits per heavy atom. The molecule has 1 saturated heterocycles. The summed E-state index contributed by atoms with van der Waals surface area (Å²) in [5.74, 6) is 0.0114. The van der Waals surface area contributed by atoms with E-state index in [1.807, 2.05) is 26.0 Å². The van der Waals surface area contributed by atoms with Crippen LogP contribution in [0.1, 0.15) is 24.4 Å². The molecule has 0 spiro atoms. The molecule has 19 heavy (non-hydrogen) atoms. The van der Waals surface area contributed by atoms with Crippen molar-refractivity contribution in [1.29, 1.82) is 0 Å². The molecule has 1 aliphatic heterocycles. The van der Waals surface area contributed by atoms with E-state index in [1.54, 1.807) is 17.1 Å². The van der Waals surface area contributed by atoms with E-state index in [9.17, 15) is 4.79 Å². The fraction of sp³-hybridized carbons (Fsp3) is 0.692. The van der Waals surface area contributed by atoms with Gasteiger partial charge in [-0.1, -0.05) is 0 Å². The molecule has 0 saturated carbocycles. The minimum atomic E-state index is -0.600. The molecule has 0 aliphatic carbocycles. The van der Waals surface area contributed by atoms with Crippen molar-refractivity contribution in [2.75, 3.05) is 27.2 Å². The van der Waals surface area contributed by atoms with Crippen molar-refractivity contribution in [3.8, 4) is 0 Å². The highest BCUT2D eigenvalue weighted by atomic mass is 16.2. The summed E-state index contributed by atoms with van der Waals surface area (Å²) in [5.41, 5.74) is 6.85. The summed E-state index contributed by atoms with van der Waals surface area (Å²) in [6.45, 7) is 1.71. The maximum absolute atomic E-state index is 12.5. The highest BCUT2D eigenvalue weighted by Gasteiger charge is 2.32. The minimum Gasteiger partial charge on any atom is -0.337 e. The highest BCUT2D eigenvalue weighted by molar-refractivity contribution is 5.83. The maximum Gasteiger partial charge on any atom is 0.244 e. The van der Waals surface area contributed by atoms with Gasteiger partial charge in [0.2, 0.25) is 5.91 Å². The first-order valence-corrected chi connectivity index (χ1v) is 6.68. The first-order chi connectivity index (χ1) is 8.99. The standard InChI is InChI=1S/C13H23N5O/c1-16(2)9-11-5-4-6-18(11)13(19)12(14)10-7-15-17(3)8-10/h7-8,11-12H,4-6,9,14H2,1-3H3. The number of likely N-dealkylation sites (tertiary alicyclic amines) is 1. The van der Waals surface area contributed by atoms with Gasteiger partial charge >= 0.3 is 0 Å². The van der Waals surface area contributed by atoms with Crippen molar-refractivity contribution in [3.63, 3.8) is 0 Å². The van der Waals surface area contributed by atoms with Crippen molar-refractivity contribution in [2.24, 2.45) is 12.8 Å². The molecule has 6 heteroatoms. The van der Waals surface area contributed by atoms with Crippen LogP contribution in [0.25, 0.3) is 0 Å². The fourth-order valence-electron chi connectivity index (χ4n) is 2.66. The van der Waals surface area contributed by atoms with Gasteiger partial charge in [-0.05, 0) is 26.9 Å². The lowest BCUT2D eigenvalue weighted by atomic mass is 10.1. The van der Waals surface area contributed by atoms with Gasteiger partial charge in [0.25, 0.3) is 0 Å². The van der Waals surface area contributed by atoms with Gasteiger partial charge in [0, 0.05) is 37.9 Å². The Kier molecular flexibility index (Phi) is 4.21. The van der Waals surface area contributed by atoms with Gasteiger partial charge in [-0.25, -0.2) is 0 Å². The zero-order valence-corrected chi connectivity index (χ0v) is 11.9. The van der Waals surface area contributed by atoms with E-state index in [-0.39, 0.29) is 11.9 Å². The molecule has 0 bridgehead atoms. The first-order valence-electron chi connectivity index (χ1n) is 6.68. The van der Waals surface area contributed by atoms with Crippen LogP contribution in [0.5, 0.6) is 0 Å². The topological polar surface area (TPSA) is 67.4 Å². The molecule has 106 valence electrons. The summed E-state index contributed by atoms with van der Waals surface area (Å²) in [6, 6.07) is -0.318. The average molecular weight is 265 g/mol. The largest absolute Gasteiger partial charge is 0.337 e. The van der Waals surface area contributed by atoms with E-state index in [2.05, 4.69) is 10.00 Å². The van der Waals surface area contributed by atoms with Gasteiger partial charge in [0.15, 0.2) is 0 Å². The van der Waals surface area contributed by atoms with E-state index in [1.165, 1.54) is 0 Å². The number of carbonyl (C=O) groups is 1. The molecule has 0 aromatic carbocycles. The summed E-state index contributed by atoms with van der Waals surface area (Å²) < 4.78 is 1.67. The predicted molar refractivity (Wildman–Crippen MR) is 73.4 cm³/mol. The Labute approximate surface area is 114 Å². The molecule has 2 N–H and O–H groups in total. The average Bonchev–Trinajstić information content (AvgIpc) is 2.95. The van der Waals surface area contributed by atoms with Crippen LogP contribution < -0.4 is 5.73 Å². The lowest BCUT2D eigenvalue weighted by Gasteiger charge is -2.29. The third-order valence-corrected chi connectivity index (χ3v) is 3.59. The number of amides is 1. The minimum absolute atomic E-state index is 0.0114. The van der Waals surface area contributed by atoms with Crippen LogP contribution in [0.3, 0.4) is 0 Å². The summed E-state index contributed by atoms with van der Waals surface area (Å²) in [6.07, 6.45) is 5.59. The Morgan fingerprint density at radius 2 is 2.37 bits per heavy atom. The maximum atomic E-state index is 12.5. The molecule has 2 unspecified atom stereocenters. The number of hydrogen-bond donors (Lipinski definition) is 1. The third-order valence-electron chi connectivity index (χ3n) is 3.59. The smallest absolute Gasteiger partial charge is 0.244 e. The molecule has 1 amide bonds. The van der Waals surface area contributed by atoms with Crippen molar-refractivity contribution in [3.05, 3.63) is 18.0 Å². The number of likely N-dealkylation sites (N-methyl/N-ethyl adjacent to an activating group) is 1. The number of nitrogens with two attached hydrogens (primary N) is 1. The van der Waals surface area contributed by atoms with Crippen molar-refractivity contribution >= 4 is 5.91 Å². The second kappa shape index (κ2) is 5.71. The number of rotatable bonds is 4. The number of aryl methyl sites for hydroxylation is 1. The number of aromatic nitrogens is 2. The lowest BCUT2D eigenvalue weighted by Crippen LogP contribution is -2.45. The van der Waals surface area contributed by atoms with Crippen LogP contribution in [0.2, 0.25) is 0 Å². The van der Waals surface area contributed by atoms with E-state index in [4.69, 9.17) is 5.73 Å². The molecule has 1 fully saturated rings. The van der Waals surface area contributed by atoms with Gasteiger partial charge in [0.1, 0.15) is 6.04 Å². The zero-order valence-electron chi connectivity index (χ0n) is 11.9.